The van der Waals surface area contributed by atoms with Gasteiger partial charge in [0.1, 0.15) is 12.2 Å². The van der Waals surface area contributed by atoms with E-state index in [0.29, 0.717) is 27.6 Å². The number of hydrogen-bond acceptors (Lipinski definition) is 4. The summed E-state index contributed by atoms with van der Waals surface area (Å²) in [7, 11) is 0. The van der Waals surface area contributed by atoms with Gasteiger partial charge < -0.3 is 9.47 Å². The fourth-order valence-electron chi connectivity index (χ4n) is 2.24. The number of rotatable bonds is 6. The van der Waals surface area contributed by atoms with E-state index >= 15 is 0 Å². The number of ether oxygens (including phenoxy) is 2. The van der Waals surface area contributed by atoms with E-state index in [4.69, 9.17) is 32.7 Å². The highest BCUT2D eigenvalue weighted by Gasteiger charge is 2.18. The smallest absolute Gasteiger partial charge is 0.338 e. The van der Waals surface area contributed by atoms with Crippen molar-refractivity contribution in [2.24, 2.45) is 0 Å². The molecule has 0 heterocycles. The third-order valence-corrected chi connectivity index (χ3v) is 3.94. The van der Waals surface area contributed by atoms with Gasteiger partial charge in [0.15, 0.2) is 0 Å². The highest BCUT2D eigenvalue weighted by molar-refractivity contribution is 6.30. The average Bonchev–Trinajstić information content (AvgIpc) is 2.55. The SMILES string of the molecule is CC(CC(C)OC(=O)c1ccc(Cl)cc1)OC(=O)c1ccc(Cl)cc1. The summed E-state index contributed by atoms with van der Waals surface area (Å²) in [5, 5.41) is 1.10. The number of benzene rings is 2. The topological polar surface area (TPSA) is 52.6 Å². The second-order valence-corrected chi connectivity index (χ2v) is 6.55. The first kappa shape index (κ1) is 19.3. The first-order chi connectivity index (χ1) is 11.8. The third-order valence-electron chi connectivity index (χ3n) is 3.44. The van der Waals surface area contributed by atoms with Crippen molar-refractivity contribution in [3.63, 3.8) is 0 Å². The molecule has 2 atom stereocenters. The molecular weight excluding hydrogens is 363 g/mol. The van der Waals surface area contributed by atoms with E-state index in [0.717, 1.165) is 0 Å². The van der Waals surface area contributed by atoms with E-state index in [1.54, 1.807) is 62.4 Å². The predicted molar refractivity (Wildman–Crippen MR) is 97.3 cm³/mol. The van der Waals surface area contributed by atoms with Crippen molar-refractivity contribution in [2.45, 2.75) is 32.5 Å². The molecule has 0 amide bonds. The molecule has 0 saturated carbocycles. The van der Waals surface area contributed by atoms with Crippen LogP contribution in [0.4, 0.5) is 0 Å². The quantitative estimate of drug-likeness (QED) is 0.648. The van der Waals surface area contributed by atoms with Crippen molar-refractivity contribution >= 4 is 35.1 Å². The molecule has 0 aliphatic carbocycles. The van der Waals surface area contributed by atoms with Crippen LogP contribution in [-0.4, -0.2) is 24.1 Å². The largest absolute Gasteiger partial charge is 0.459 e. The first-order valence-corrected chi connectivity index (χ1v) is 8.54. The van der Waals surface area contributed by atoms with Gasteiger partial charge in [0.05, 0.1) is 11.1 Å². The summed E-state index contributed by atoms with van der Waals surface area (Å²) in [6.07, 6.45) is -0.425. The minimum absolute atomic E-state index is 0.388. The van der Waals surface area contributed by atoms with Gasteiger partial charge in [0.25, 0.3) is 0 Å². The summed E-state index contributed by atoms with van der Waals surface area (Å²) in [4.78, 5) is 24.1. The van der Waals surface area contributed by atoms with Gasteiger partial charge in [-0.1, -0.05) is 23.2 Å². The van der Waals surface area contributed by atoms with Crippen molar-refractivity contribution in [1.29, 1.82) is 0 Å². The molecule has 0 aliphatic rings. The van der Waals surface area contributed by atoms with Gasteiger partial charge in [0, 0.05) is 16.5 Å². The lowest BCUT2D eigenvalue weighted by molar-refractivity contribution is 0.00764. The molecule has 0 N–H and O–H groups in total. The van der Waals surface area contributed by atoms with Crippen LogP contribution in [0.25, 0.3) is 0 Å². The molecule has 4 nitrogen and oxygen atoms in total. The zero-order valence-corrected chi connectivity index (χ0v) is 15.4. The Hall–Kier alpha value is -2.04. The Labute approximate surface area is 156 Å². The van der Waals surface area contributed by atoms with Crippen LogP contribution in [0.1, 0.15) is 41.0 Å². The van der Waals surface area contributed by atoms with Gasteiger partial charge in [-0.05, 0) is 62.4 Å². The molecule has 2 unspecified atom stereocenters. The van der Waals surface area contributed by atoms with Gasteiger partial charge in [0.2, 0.25) is 0 Å². The molecular formula is C19H18Cl2O4. The van der Waals surface area contributed by atoms with Crippen LogP contribution in [0.15, 0.2) is 48.5 Å². The predicted octanol–water partition coefficient (Wildman–Crippen LogP) is 5.17. The Balaban J connectivity index is 1.83. The van der Waals surface area contributed by atoms with Crippen molar-refractivity contribution in [1.82, 2.24) is 0 Å². The van der Waals surface area contributed by atoms with Crippen molar-refractivity contribution in [3.8, 4) is 0 Å². The lowest BCUT2D eigenvalue weighted by atomic mass is 10.2. The second kappa shape index (κ2) is 8.88. The van der Waals surface area contributed by atoms with Crippen LogP contribution in [0, 0.1) is 0 Å². The molecule has 0 bridgehead atoms. The van der Waals surface area contributed by atoms with Crippen LogP contribution in [0.5, 0.6) is 0 Å². The highest BCUT2D eigenvalue weighted by Crippen LogP contribution is 2.15. The van der Waals surface area contributed by atoms with Crippen LogP contribution >= 0.6 is 23.2 Å². The van der Waals surface area contributed by atoms with Gasteiger partial charge in [-0.3, -0.25) is 0 Å². The summed E-state index contributed by atoms with van der Waals surface area (Å²) in [5.41, 5.74) is 0.837. The number of carbonyl (C=O) groups excluding carboxylic acids is 2. The summed E-state index contributed by atoms with van der Waals surface area (Å²) in [5.74, 6) is -0.888. The molecule has 132 valence electrons. The van der Waals surface area contributed by atoms with Crippen molar-refractivity contribution < 1.29 is 19.1 Å². The Kier molecular flexibility index (Phi) is 6.85. The molecule has 0 aliphatic heterocycles. The molecule has 2 rings (SSSR count). The van der Waals surface area contributed by atoms with Crippen LogP contribution < -0.4 is 0 Å². The van der Waals surface area contributed by atoms with Crippen molar-refractivity contribution in [2.75, 3.05) is 0 Å². The molecule has 0 aromatic heterocycles. The molecule has 0 saturated heterocycles. The van der Waals surface area contributed by atoms with Crippen molar-refractivity contribution in [3.05, 3.63) is 69.7 Å². The van der Waals surface area contributed by atoms with E-state index in [1.165, 1.54) is 0 Å². The zero-order chi connectivity index (χ0) is 18.4. The molecule has 0 fully saturated rings. The molecule has 0 spiro atoms. The molecule has 2 aromatic carbocycles. The van der Waals surface area contributed by atoms with Gasteiger partial charge >= 0.3 is 11.9 Å². The van der Waals surface area contributed by atoms with E-state index in [9.17, 15) is 9.59 Å². The minimum atomic E-state index is -0.444. The van der Waals surface area contributed by atoms with Crippen LogP contribution in [0.3, 0.4) is 0 Å². The number of carbonyl (C=O) groups is 2. The summed E-state index contributed by atoms with van der Waals surface area (Å²) >= 11 is 11.6. The van der Waals surface area contributed by atoms with Gasteiger partial charge in [-0.25, -0.2) is 9.59 Å². The standard InChI is InChI=1S/C19H18Cl2O4/c1-12(24-18(22)14-3-7-16(20)8-4-14)11-13(2)25-19(23)15-5-9-17(21)10-6-15/h3-10,12-13H,11H2,1-2H3. The summed E-state index contributed by atoms with van der Waals surface area (Å²) in [6, 6.07) is 12.9. The average molecular weight is 381 g/mol. The fraction of sp³-hybridized carbons (Fsp3) is 0.263. The number of halogens is 2. The second-order valence-electron chi connectivity index (χ2n) is 5.68. The van der Waals surface area contributed by atoms with E-state index in [1.807, 2.05) is 0 Å². The lowest BCUT2D eigenvalue weighted by Gasteiger charge is -2.18. The van der Waals surface area contributed by atoms with Gasteiger partial charge in [-0.2, -0.15) is 0 Å². The van der Waals surface area contributed by atoms with E-state index in [-0.39, 0.29) is 0 Å². The fourth-order valence-corrected chi connectivity index (χ4v) is 2.49. The summed E-state index contributed by atoms with van der Waals surface area (Å²) < 4.78 is 10.7. The zero-order valence-electron chi connectivity index (χ0n) is 13.9. The van der Waals surface area contributed by atoms with E-state index in [2.05, 4.69) is 0 Å². The highest BCUT2D eigenvalue weighted by atomic mass is 35.5. The molecule has 6 heteroatoms. The Bertz CT molecular complexity index is 663. The van der Waals surface area contributed by atoms with Gasteiger partial charge in [-0.15, -0.1) is 0 Å². The molecule has 0 radical (unpaired) electrons. The molecule has 25 heavy (non-hydrogen) atoms. The maximum absolute atomic E-state index is 12.0. The number of esters is 2. The Morgan fingerprint density at radius 3 is 1.40 bits per heavy atom. The normalized spacial score (nSPS) is 13.0. The molecule has 2 aromatic rings. The first-order valence-electron chi connectivity index (χ1n) is 7.78. The maximum atomic E-state index is 12.0. The van der Waals surface area contributed by atoms with Crippen LogP contribution in [0.2, 0.25) is 10.0 Å². The lowest BCUT2D eigenvalue weighted by Crippen LogP contribution is -2.23. The Morgan fingerprint density at radius 2 is 1.08 bits per heavy atom. The Morgan fingerprint density at radius 1 is 0.760 bits per heavy atom. The number of hydrogen-bond donors (Lipinski definition) is 0. The van der Waals surface area contributed by atoms with E-state index < -0.39 is 24.1 Å². The third kappa shape index (κ3) is 6.07. The summed E-state index contributed by atoms with van der Waals surface area (Å²) in [6.45, 7) is 3.50. The monoisotopic (exact) mass is 380 g/mol. The van der Waals surface area contributed by atoms with Crippen LogP contribution in [-0.2, 0) is 9.47 Å². The minimum Gasteiger partial charge on any atom is -0.459 e. The maximum Gasteiger partial charge on any atom is 0.338 e.